The number of carbonyl (C=O) groups is 2. The zero-order valence-electron chi connectivity index (χ0n) is 9.71. The van der Waals surface area contributed by atoms with Crippen LogP contribution < -0.4 is 10.6 Å². The Labute approximate surface area is 115 Å². The molecule has 0 saturated heterocycles. The highest BCUT2D eigenvalue weighted by Gasteiger charge is 2.10. The second kappa shape index (κ2) is 5.71. The molecule has 0 radical (unpaired) electrons. The van der Waals surface area contributed by atoms with Gasteiger partial charge in [0, 0.05) is 5.38 Å². The molecule has 0 aliphatic rings. The highest BCUT2D eigenvalue weighted by atomic mass is 32.1. The van der Waals surface area contributed by atoms with Crippen molar-refractivity contribution >= 4 is 39.8 Å². The van der Waals surface area contributed by atoms with Crippen molar-refractivity contribution in [1.29, 1.82) is 0 Å². The fraction of sp³-hybridized carbons (Fsp3) is 0.222. The van der Waals surface area contributed by atoms with Crippen molar-refractivity contribution in [2.45, 2.75) is 13.5 Å². The van der Waals surface area contributed by atoms with Gasteiger partial charge in [-0.1, -0.05) is 11.3 Å². The molecule has 19 heavy (non-hydrogen) atoms. The van der Waals surface area contributed by atoms with Gasteiger partial charge in [0.05, 0.1) is 6.54 Å². The molecule has 2 amide bonds. The highest BCUT2D eigenvalue weighted by Crippen LogP contribution is 2.13. The van der Waals surface area contributed by atoms with Crippen LogP contribution in [0.2, 0.25) is 0 Å². The number of aromatic carboxylic acids is 1. The average Bonchev–Trinajstić information content (AvgIpc) is 2.96. The Morgan fingerprint density at radius 2 is 2.21 bits per heavy atom. The minimum absolute atomic E-state index is 0.0260. The van der Waals surface area contributed by atoms with Crippen LogP contribution in [0.1, 0.15) is 20.5 Å². The lowest BCUT2D eigenvalue weighted by Crippen LogP contribution is -2.28. The fourth-order valence-electron chi connectivity index (χ4n) is 1.13. The van der Waals surface area contributed by atoms with Gasteiger partial charge in [-0.2, -0.15) is 0 Å². The largest absolute Gasteiger partial charge is 0.476 e. The smallest absolute Gasteiger partial charge is 0.355 e. The fourth-order valence-corrected chi connectivity index (χ4v) is 2.43. The molecule has 0 bridgehead atoms. The molecule has 2 aromatic heterocycles. The number of nitrogens with zero attached hydrogens (tertiary/aromatic N) is 3. The van der Waals surface area contributed by atoms with Crippen LogP contribution >= 0.6 is 22.7 Å². The van der Waals surface area contributed by atoms with Gasteiger partial charge in [0.2, 0.25) is 5.13 Å². The number of amides is 2. The topological polar surface area (TPSA) is 117 Å². The molecule has 2 heterocycles. The standard InChI is InChI=1S/C9H9N5O3S2/c1-4-13-14-9(19-4)12-8(17)10-2-6-11-5(3-18-6)7(15)16/h3H,2H2,1H3,(H,15,16)(H2,10,12,14,17). The number of hydrogen-bond donors (Lipinski definition) is 3. The number of rotatable bonds is 4. The Bertz CT molecular complexity index is 609. The Hall–Kier alpha value is -2.07. The predicted molar refractivity (Wildman–Crippen MR) is 69.6 cm³/mol. The third kappa shape index (κ3) is 3.69. The van der Waals surface area contributed by atoms with E-state index in [9.17, 15) is 9.59 Å². The summed E-state index contributed by atoms with van der Waals surface area (Å²) < 4.78 is 0. The van der Waals surface area contributed by atoms with Crippen LogP contribution in [-0.4, -0.2) is 32.3 Å². The maximum Gasteiger partial charge on any atom is 0.355 e. The molecule has 2 aromatic rings. The van der Waals surface area contributed by atoms with Crippen molar-refractivity contribution in [2.75, 3.05) is 5.32 Å². The van der Waals surface area contributed by atoms with Crippen molar-refractivity contribution in [3.63, 3.8) is 0 Å². The number of aryl methyl sites for hydroxylation is 1. The molecular formula is C9H9N5O3S2. The number of anilines is 1. The minimum Gasteiger partial charge on any atom is -0.476 e. The second-order valence-corrected chi connectivity index (χ2v) is 5.49. The van der Waals surface area contributed by atoms with Crippen molar-refractivity contribution < 1.29 is 14.7 Å². The normalized spacial score (nSPS) is 10.2. The van der Waals surface area contributed by atoms with Gasteiger partial charge in [-0.05, 0) is 6.92 Å². The summed E-state index contributed by atoms with van der Waals surface area (Å²) in [7, 11) is 0. The SMILES string of the molecule is Cc1nnc(NC(=O)NCc2nc(C(=O)O)cs2)s1. The Morgan fingerprint density at radius 1 is 1.42 bits per heavy atom. The van der Waals surface area contributed by atoms with E-state index in [0.717, 1.165) is 5.01 Å². The molecular weight excluding hydrogens is 290 g/mol. The van der Waals surface area contributed by atoms with E-state index in [-0.39, 0.29) is 12.2 Å². The van der Waals surface area contributed by atoms with Crippen molar-refractivity contribution in [3.8, 4) is 0 Å². The number of carboxylic acids is 1. The molecule has 2 rings (SSSR count). The molecule has 0 saturated carbocycles. The Kier molecular flexibility index (Phi) is 4.02. The molecule has 0 aliphatic carbocycles. The third-order valence-electron chi connectivity index (χ3n) is 1.92. The quantitative estimate of drug-likeness (QED) is 0.784. The van der Waals surface area contributed by atoms with E-state index in [4.69, 9.17) is 5.11 Å². The lowest BCUT2D eigenvalue weighted by Gasteiger charge is -2.02. The van der Waals surface area contributed by atoms with E-state index in [1.165, 1.54) is 28.1 Å². The number of thiazole rings is 1. The van der Waals surface area contributed by atoms with E-state index in [1.807, 2.05) is 0 Å². The molecule has 3 N–H and O–H groups in total. The first-order valence-electron chi connectivity index (χ1n) is 5.07. The van der Waals surface area contributed by atoms with Crippen LogP contribution in [0.25, 0.3) is 0 Å². The highest BCUT2D eigenvalue weighted by molar-refractivity contribution is 7.15. The summed E-state index contributed by atoms with van der Waals surface area (Å²) >= 11 is 2.43. The Balaban J connectivity index is 1.84. The summed E-state index contributed by atoms with van der Waals surface area (Å²) in [5.74, 6) is -1.09. The van der Waals surface area contributed by atoms with Crippen LogP contribution in [0, 0.1) is 6.92 Å². The number of nitrogens with one attached hydrogen (secondary N) is 2. The van der Waals surface area contributed by atoms with Gasteiger partial charge >= 0.3 is 12.0 Å². The molecule has 0 atom stereocenters. The van der Waals surface area contributed by atoms with E-state index >= 15 is 0 Å². The summed E-state index contributed by atoms with van der Waals surface area (Å²) in [6.45, 7) is 1.94. The summed E-state index contributed by atoms with van der Waals surface area (Å²) in [5, 5.41) is 24.4. The summed E-state index contributed by atoms with van der Waals surface area (Å²) in [6, 6.07) is -0.441. The molecule has 0 aromatic carbocycles. The van der Waals surface area contributed by atoms with Gasteiger partial charge < -0.3 is 10.4 Å². The molecule has 10 heteroatoms. The predicted octanol–water partition coefficient (Wildman–Crippen LogP) is 1.32. The monoisotopic (exact) mass is 299 g/mol. The van der Waals surface area contributed by atoms with E-state index in [2.05, 4.69) is 25.8 Å². The van der Waals surface area contributed by atoms with Crippen LogP contribution in [0.5, 0.6) is 0 Å². The average molecular weight is 299 g/mol. The van der Waals surface area contributed by atoms with Gasteiger partial charge in [-0.25, -0.2) is 14.6 Å². The van der Waals surface area contributed by atoms with Crippen LogP contribution in [-0.2, 0) is 6.54 Å². The number of aromatic nitrogens is 3. The summed E-state index contributed by atoms with van der Waals surface area (Å²) in [4.78, 5) is 26.0. The second-order valence-electron chi connectivity index (χ2n) is 3.37. The number of hydrogen-bond acceptors (Lipinski definition) is 7. The van der Waals surface area contributed by atoms with Crippen LogP contribution in [0.3, 0.4) is 0 Å². The number of carboxylic acid groups (broad SMARTS) is 1. The number of carbonyl (C=O) groups excluding carboxylic acids is 1. The Morgan fingerprint density at radius 3 is 2.79 bits per heavy atom. The van der Waals surface area contributed by atoms with Gasteiger partial charge in [-0.15, -0.1) is 21.5 Å². The molecule has 0 fully saturated rings. The zero-order valence-corrected chi connectivity index (χ0v) is 11.3. The summed E-state index contributed by atoms with van der Waals surface area (Å²) in [6.07, 6.45) is 0. The minimum atomic E-state index is -1.09. The summed E-state index contributed by atoms with van der Waals surface area (Å²) in [5.41, 5.74) is -0.0260. The van der Waals surface area contributed by atoms with E-state index < -0.39 is 12.0 Å². The van der Waals surface area contributed by atoms with Gasteiger partial charge in [-0.3, -0.25) is 5.32 Å². The molecule has 0 spiro atoms. The van der Waals surface area contributed by atoms with Crippen molar-refractivity contribution in [2.24, 2.45) is 0 Å². The zero-order chi connectivity index (χ0) is 13.8. The maximum atomic E-state index is 11.5. The van der Waals surface area contributed by atoms with Crippen LogP contribution in [0.15, 0.2) is 5.38 Å². The maximum absolute atomic E-state index is 11.5. The first-order valence-corrected chi connectivity index (χ1v) is 6.77. The lowest BCUT2D eigenvalue weighted by molar-refractivity contribution is 0.0691. The van der Waals surface area contributed by atoms with Gasteiger partial charge in [0.15, 0.2) is 5.69 Å². The van der Waals surface area contributed by atoms with E-state index in [0.29, 0.717) is 10.1 Å². The molecule has 0 unspecified atom stereocenters. The van der Waals surface area contributed by atoms with Crippen molar-refractivity contribution in [3.05, 3.63) is 21.1 Å². The van der Waals surface area contributed by atoms with Crippen molar-refractivity contribution in [1.82, 2.24) is 20.5 Å². The van der Waals surface area contributed by atoms with Gasteiger partial charge in [0.1, 0.15) is 10.0 Å². The molecule has 100 valence electrons. The number of urea groups is 1. The molecule has 0 aliphatic heterocycles. The van der Waals surface area contributed by atoms with E-state index in [1.54, 1.807) is 6.92 Å². The first-order chi connectivity index (χ1) is 9.04. The lowest BCUT2D eigenvalue weighted by atomic mass is 10.5. The molecule has 8 nitrogen and oxygen atoms in total. The third-order valence-corrected chi connectivity index (χ3v) is 3.52. The van der Waals surface area contributed by atoms with Crippen LogP contribution in [0.4, 0.5) is 9.93 Å². The van der Waals surface area contributed by atoms with Gasteiger partial charge in [0.25, 0.3) is 0 Å². The first kappa shape index (κ1) is 13.4.